The lowest BCUT2D eigenvalue weighted by atomic mass is 10.2. The minimum Gasteiger partial charge on any atom is -0.435 e. The summed E-state index contributed by atoms with van der Waals surface area (Å²) in [6.45, 7) is 1.39. The first kappa shape index (κ1) is 22.2. The molecule has 0 aliphatic carbocycles. The van der Waals surface area contributed by atoms with Crippen LogP contribution in [0.3, 0.4) is 0 Å². The molecule has 0 fully saturated rings. The zero-order chi connectivity index (χ0) is 22.3. The SMILES string of the molecule is CCS(=O)(=O)c1cc(C(Cl)=NO)cnc1-c1nc2cc(S(=O)C(F)(F)F)ccc2o1. The number of oxazole rings is 1. The Morgan fingerprint density at radius 2 is 2.03 bits per heavy atom. The number of benzene rings is 1. The van der Waals surface area contributed by atoms with Gasteiger partial charge in [-0.25, -0.2) is 22.6 Å². The van der Waals surface area contributed by atoms with E-state index in [1.165, 1.54) is 6.92 Å². The molecule has 1 N–H and O–H groups in total. The highest BCUT2D eigenvalue weighted by molar-refractivity contribution is 7.91. The summed E-state index contributed by atoms with van der Waals surface area (Å²) in [6.07, 6.45) is 1.12. The molecule has 1 unspecified atom stereocenters. The third kappa shape index (κ3) is 4.18. The summed E-state index contributed by atoms with van der Waals surface area (Å²) >= 11 is 5.71. The second-order valence-electron chi connectivity index (χ2n) is 5.73. The second kappa shape index (κ2) is 7.96. The quantitative estimate of drug-likeness (QED) is 0.335. The van der Waals surface area contributed by atoms with Crippen molar-refractivity contribution in [3.63, 3.8) is 0 Å². The van der Waals surface area contributed by atoms with Crippen LogP contribution in [0, 0.1) is 0 Å². The highest BCUT2D eigenvalue weighted by Crippen LogP contribution is 2.32. The highest BCUT2D eigenvalue weighted by Gasteiger charge is 2.38. The molecule has 2 aromatic heterocycles. The molecule has 14 heteroatoms. The molecule has 0 amide bonds. The Morgan fingerprint density at radius 3 is 2.63 bits per heavy atom. The van der Waals surface area contributed by atoms with Crippen LogP contribution in [0.4, 0.5) is 13.2 Å². The van der Waals surface area contributed by atoms with Crippen LogP contribution in [0.25, 0.3) is 22.7 Å². The molecule has 160 valence electrons. The van der Waals surface area contributed by atoms with E-state index in [0.29, 0.717) is 0 Å². The molecule has 1 atom stereocenters. The zero-order valence-electron chi connectivity index (χ0n) is 14.8. The molecule has 0 aliphatic heterocycles. The van der Waals surface area contributed by atoms with Gasteiger partial charge in [0.2, 0.25) is 5.89 Å². The van der Waals surface area contributed by atoms with Crippen molar-refractivity contribution in [2.45, 2.75) is 22.2 Å². The molecule has 8 nitrogen and oxygen atoms in total. The number of alkyl halides is 3. The average Bonchev–Trinajstić information content (AvgIpc) is 3.14. The molecule has 30 heavy (non-hydrogen) atoms. The molecule has 0 saturated heterocycles. The summed E-state index contributed by atoms with van der Waals surface area (Å²) in [6, 6.07) is 4.16. The largest absolute Gasteiger partial charge is 0.475 e. The van der Waals surface area contributed by atoms with E-state index in [1.807, 2.05) is 0 Å². The normalized spacial score (nSPS) is 14.2. The topological polar surface area (TPSA) is 123 Å². The number of hydrogen-bond donors (Lipinski definition) is 1. The van der Waals surface area contributed by atoms with Crippen molar-refractivity contribution in [3.05, 3.63) is 36.0 Å². The monoisotopic (exact) mass is 481 g/mol. The first-order valence-electron chi connectivity index (χ1n) is 7.98. The fraction of sp³-hybridized carbons (Fsp3) is 0.188. The molecule has 0 bridgehead atoms. The zero-order valence-corrected chi connectivity index (χ0v) is 17.2. The van der Waals surface area contributed by atoms with Crippen LogP contribution in [0.15, 0.2) is 49.8 Å². The molecular weight excluding hydrogens is 471 g/mol. The van der Waals surface area contributed by atoms with E-state index in [2.05, 4.69) is 15.1 Å². The van der Waals surface area contributed by atoms with Gasteiger partial charge in [-0.2, -0.15) is 13.2 Å². The minimum atomic E-state index is -4.95. The van der Waals surface area contributed by atoms with E-state index in [1.54, 1.807) is 0 Å². The van der Waals surface area contributed by atoms with Gasteiger partial charge in [0.25, 0.3) is 0 Å². The smallest absolute Gasteiger partial charge is 0.435 e. The van der Waals surface area contributed by atoms with E-state index in [-0.39, 0.29) is 38.9 Å². The van der Waals surface area contributed by atoms with Crippen molar-refractivity contribution in [3.8, 4) is 11.6 Å². The Labute approximate surface area is 174 Å². The van der Waals surface area contributed by atoms with Gasteiger partial charge in [0.15, 0.2) is 31.4 Å². The van der Waals surface area contributed by atoms with Crippen LogP contribution in [-0.4, -0.2) is 44.2 Å². The van der Waals surface area contributed by atoms with Gasteiger partial charge in [-0.15, -0.1) is 0 Å². The van der Waals surface area contributed by atoms with Crippen LogP contribution in [-0.2, 0) is 20.6 Å². The number of sulfone groups is 1. The van der Waals surface area contributed by atoms with Gasteiger partial charge in [0, 0.05) is 11.8 Å². The molecule has 0 radical (unpaired) electrons. The summed E-state index contributed by atoms with van der Waals surface area (Å²) in [5, 5.41) is 11.2. The fourth-order valence-corrected chi connectivity index (χ4v) is 4.26. The third-order valence-electron chi connectivity index (χ3n) is 3.88. The van der Waals surface area contributed by atoms with Crippen molar-refractivity contribution in [2.75, 3.05) is 5.75 Å². The predicted molar refractivity (Wildman–Crippen MR) is 102 cm³/mol. The Kier molecular flexibility index (Phi) is 5.89. The first-order valence-corrected chi connectivity index (χ1v) is 11.2. The van der Waals surface area contributed by atoms with Crippen molar-refractivity contribution < 1.29 is 35.4 Å². The van der Waals surface area contributed by atoms with Crippen LogP contribution < -0.4 is 0 Å². The van der Waals surface area contributed by atoms with Crippen LogP contribution in [0.1, 0.15) is 12.5 Å². The van der Waals surface area contributed by atoms with Crippen molar-refractivity contribution in [1.82, 2.24) is 9.97 Å². The van der Waals surface area contributed by atoms with Crippen LogP contribution in [0.5, 0.6) is 0 Å². The Hall–Kier alpha value is -2.51. The number of nitrogens with zero attached hydrogens (tertiary/aromatic N) is 3. The van der Waals surface area contributed by atoms with Crippen molar-refractivity contribution >= 4 is 48.5 Å². The lowest BCUT2D eigenvalue weighted by Gasteiger charge is -2.07. The number of fused-ring (bicyclic) bond motifs is 1. The first-order chi connectivity index (χ1) is 14.0. The van der Waals surface area contributed by atoms with Gasteiger partial charge < -0.3 is 9.62 Å². The molecule has 2 heterocycles. The van der Waals surface area contributed by atoms with Gasteiger partial charge in [-0.1, -0.05) is 23.7 Å². The third-order valence-corrected chi connectivity index (χ3v) is 7.02. The van der Waals surface area contributed by atoms with Gasteiger partial charge >= 0.3 is 5.51 Å². The number of hydrogen-bond acceptors (Lipinski definition) is 8. The van der Waals surface area contributed by atoms with Gasteiger partial charge in [0.1, 0.15) is 11.2 Å². The Balaban J connectivity index is 2.19. The maximum Gasteiger partial charge on any atom is 0.475 e. The number of halogens is 4. The second-order valence-corrected chi connectivity index (χ2v) is 9.80. The van der Waals surface area contributed by atoms with E-state index in [4.69, 9.17) is 21.2 Å². The molecule has 1 aromatic carbocycles. The van der Waals surface area contributed by atoms with Crippen LogP contribution >= 0.6 is 11.6 Å². The molecule has 0 saturated carbocycles. The predicted octanol–water partition coefficient (Wildman–Crippen LogP) is 3.69. The Bertz CT molecular complexity index is 1290. The van der Waals surface area contributed by atoms with Gasteiger partial charge in [0.05, 0.1) is 15.5 Å². The standard InChI is InChI=1S/C16H11ClF3N3O5S2/c1-2-30(26,27)12-5-8(14(17)23-24)7-21-13(12)15-22-10-6-9(3-4-11(10)28-15)29(25)16(18,19)20/h3-7,24H,2H2,1H3. The molecule has 3 rings (SSSR count). The average molecular weight is 482 g/mol. The number of aromatic nitrogens is 2. The van der Waals surface area contributed by atoms with Gasteiger partial charge in [-0.05, 0) is 24.3 Å². The van der Waals surface area contributed by atoms with Crippen molar-refractivity contribution in [2.24, 2.45) is 5.16 Å². The molecule has 3 aromatic rings. The number of pyridine rings is 1. The number of rotatable bonds is 5. The lowest BCUT2D eigenvalue weighted by molar-refractivity contribution is -0.0384. The summed E-state index contributed by atoms with van der Waals surface area (Å²) < 4.78 is 80.1. The fourth-order valence-electron chi connectivity index (χ4n) is 2.43. The van der Waals surface area contributed by atoms with E-state index in [0.717, 1.165) is 30.5 Å². The molecule has 0 spiro atoms. The minimum absolute atomic E-state index is 0.00825. The molecular formula is C16H11ClF3N3O5S2. The van der Waals surface area contributed by atoms with Crippen molar-refractivity contribution in [1.29, 1.82) is 0 Å². The van der Waals surface area contributed by atoms with E-state index < -0.39 is 36.2 Å². The van der Waals surface area contributed by atoms with E-state index >= 15 is 0 Å². The van der Waals surface area contributed by atoms with Crippen LogP contribution in [0.2, 0.25) is 0 Å². The summed E-state index contributed by atoms with van der Waals surface area (Å²) in [7, 11) is -7.14. The summed E-state index contributed by atoms with van der Waals surface area (Å²) in [4.78, 5) is 7.11. The Morgan fingerprint density at radius 1 is 1.33 bits per heavy atom. The van der Waals surface area contributed by atoms with E-state index in [9.17, 15) is 25.8 Å². The highest BCUT2D eigenvalue weighted by atomic mass is 35.5. The van der Waals surface area contributed by atoms with Gasteiger partial charge in [-0.3, -0.25) is 0 Å². The molecule has 0 aliphatic rings. The summed E-state index contributed by atoms with van der Waals surface area (Å²) in [5.41, 5.74) is -5.19. The lowest BCUT2D eigenvalue weighted by Crippen LogP contribution is -2.16. The maximum atomic E-state index is 12.7. The number of oxime groups is 1. The maximum absolute atomic E-state index is 12.7. The summed E-state index contributed by atoms with van der Waals surface area (Å²) in [5.74, 6) is -0.593.